The van der Waals surface area contributed by atoms with Crippen LogP contribution in [-0.2, 0) is 4.79 Å². The van der Waals surface area contributed by atoms with Gasteiger partial charge in [0.2, 0.25) is 0 Å². The first-order valence-corrected chi connectivity index (χ1v) is 3.03. The van der Waals surface area contributed by atoms with Crippen LogP contribution in [0.2, 0.25) is 0 Å². The minimum Gasteiger partial charge on any atom is -0.392 e. The zero-order valence-corrected chi connectivity index (χ0v) is 5.16. The lowest BCUT2D eigenvalue weighted by molar-refractivity contribution is 0.189. The first-order valence-electron chi connectivity index (χ1n) is 3.03. The number of rotatable bonds is 2. The van der Waals surface area contributed by atoms with Gasteiger partial charge in [0.25, 0.3) is 7.41 Å². The van der Waals surface area contributed by atoms with Crippen molar-refractivity contribution in [1.82, 2.24) is 4.81 Å². The molecule has 49 valence electrons. The van der Waals surface area contributed by atoms with Crippen molar-refractivity contribution in [3.63, 3.8) is 0 Å². The van der Waals surface area contributed by atoms with E-state index in [-0.39, 0.29) is 6.10 Å². The van der Waals surface area contributed by atoms with E-state index in [1.54, 1.807) is 0 Å². The van der Waals surface area contributed by atoms with Crippen molar-refractivity contribution < 1.29 is 9.90 Å². The lowest BCUT2D eigenvalue weighted by Gasteiger charge is -2.07. The van der Waals surface area contributed by atoms with Gasteiger partial charge in [-0.3, -0.25) is 0 Å². The molecule has 4 heteroatoms. The van der Waals surface area contributed by atoms with Crippen molar-refractivity contribution in [2.24, 2.45) is 0 Å². The quantitative estimate of drug-likeness (QED) is 0.375. The van der Waals surface area contributed by atoms with Crippen molar-refractivity contribution >= 4 is 13.6 Å². The average Bonchev–Trinajstić information content (AvgIpc) is 2.17. The number of hydrogen-bond acceptors (Lipinski definition) is 3. The predicted molar refractivity (Wildman–Crippen MR) is 34.7 cm³/mol. The van der Waals surface area contributed by atoms with E-state index in [9.17, 15) is 4.79 Å². The molecule has 0 bridgehead atoms. The smallest absolute Gasteiger partial charge is 0.293 e. The number of carbonyl (C=O) groups is 1. The highest BCUT2D eigenvalue weighted by Gasteiger charge is 2.19. The van der Waals surface area contributed by atoms with E-state index in [1.165, 1.54) is 7.41 Å². The Balaban J connectivity index is 2.21. The SMILES string of the molecule is O=C[B]N1CC[C@H](O)C1. The van der Waals surface area contributed by atoms with Gasteiger partial charge in [-0.2, -0.15) is 0 Å². The molecule has 0 aromatic carbocycles. The predicted octanol–water partition coefficient (Wildman–Crippen LogP) is -1.14. The van der Waals surface area contributed by atoms with Crippen molar-refractivity contribution in [1.29, 1.82) is 0 Å². The summed E-state index contributed by atoms with van der Waals surface area (Å²) in [5.41, 5.74) is 0. The van der Waals surface area contributed by atoms with Crippen molar-refractivity contribution in [2.45, 2.75) is 12.5 Å². The zero-order valence-electron chi connectivity index (χ0n) is 5.16. The van der Waals surface area contributed by atoms with E-state index in [2.05, 4.69) is 0 Å². The van der Waals surface area contributed by atoms with Crippen LogP contribution in [0.1, 0.15) is 6.42 Å². The molecule has 1 saturated heterocycles. The Morgan fingerprint density at radius 3 is 3.00 bits per heavy atom. The van der Waals surface area contributed by atoms with Gasteiger partial charge in [0.15, 0.2) is 0 Å². The van der Waals surface area contributed by atoms with Crippen molar-refractivity contribution in [3.8, 4) is 0 Å². The van der Waals surface area contributed by atoms with Crippen LogP contribution < -0.4 is 0 Å². The summed E-state index contributed by atoms with van der Waals surface area (Å²) in [7, 11) is 1.47. The van der Waals surface area contributed by atoms with E-state index >= 15 is 0 Å². The van der Waals surface area contributed by atoms with Gasteiger partial charge in [-0.1, -0.05) is 0 Å². The van der Waals surface area contributed by atoms with Gasteiger partial charge in [-0.05, 0) is 13.0 Å². The summed E-state index contributed by atoms with van der Waals surface area (Å²) in [6.07, 6.45) is 1.30. The highest BCUT2D eigenvalue weighted by atomic mass is 16.3. The number of carbonyl (C=O) groups excluding carboxylic acids is 1. The monoisotopic (exact) mass is 126 g/mol. The summed E-state index contributed by atoms with van der Waals surface area (Å²) in [5, 5.41) is 8.95. The van der Waals surface area contributed by atoms with Gasteiger partial charge in [0, 0.05) is 6.54 Å². The molecule has 1 radical (unpaired) electrons. The molecule has 1 aliphatic heterocycles. The Morgan fingerprint density at radius 1 is 1.78 bits per heavy atom. The van der Waals surface area contributed by atoms with Crippen molar-refractivity contribution in [2.75, 3.05) is 13.1 Å². The summed E-state index contributed by atoms with van der Waals surface area (Å²) in [4.78, 5) is 11.7. The molecule has 0 aliphatic carbocycles. The third kappa shape index (κ3) is 1.80. The molecule has 9 heavy (non-hydrogen) atoms. The van der Waals surface area contributed by atoms with Crippen LogP contribution in [0.3, 0.4) is 0 Å². The summed E-state index contributed by atoms with van der Waals surface area (Å²) in [6, 6.07) is 0. The molecular weight excluding hydrogens is 117 g/mol. The Bertz CT molecular complexity index is 109. The lowest BCUT2D eigenvalue weighted by Crippen LogP contribution is -2.27. The topological polar surface area (TPSA) is 40.5 Å². The first-order chi connectivity index (χ1) is 4.33. The molecule has 1 N–H and O–H groups in total. The van der Waals surface area contributed by atoms with E-state index in [1.807, 2.05) is 4.81 Å². The fourth-order valence-corrected chi connectivity index (χ4v) is 0.990. The lowest BCUT2D eigenvalue weighted by atomic mass is 9.96. The fraction of sp³-hybridized carbons (Fsp3) is 0.800. The highest BCUT2D eigenvalue weighted by Crippen LogP contribution is 2.05. The molecular formula is C5H9BNO2. The summed E-state index contributed by atoms with van der Waals surface area (Å²) in [6.45, 7) is 1.42. The van der Waals surface area contributed by atoms with Crippen LogP contribution in [0, 0.1) is 0 Å². The molecule has 0 amide bonds. The van der Waals surface area contributed by atoms with Crippen LogP contribution in [-0.4, -0.2) is 42.7 Å². The van der Waals surface area contributed by atoms with Crippen LogP contribution in [0.5, 0.6) is 0 Å². The number of aliphatic hydroxyl groups excluding tert-OH is 1. The Morgan fingerprint density at radius 2 is 2.56 bits per heavy atom. The maximum absolute atomic E-state index is 9.89. The van der Waals surface area contributed by atoms with Crippen LogP contribution in [0.15, 0.2) is 0 Å². The summed E-state index contributed by atoms with van der Waals surface area (Å²) < 4.78 is 0. The standard InChI is InChI=1S/C5H9BNO2/c8-4-6-7-2-1-5(9)3-7/h4-5,9H,1-3H2/t5-/m0/s1. The second kappa shape index (κ2) is 2.99. The third-order valence-electron chi connectivity index (χ3n) is 1.47. The first kappa shape index (κ1) is 6.77. The van der Waals surface area contributed by atoms with Gasteiger partial charge in [0.1, 0.15) is 0 Å². The van der Waals surface area contributed by atoms with Crippen LogP contribution >= 0.6 is 0 Å². The molecule has 0 unspecified atom stereocenters. The second-order valence-electron chi connectivity index (χ2n) is 2.22. The van der Waals surface area contributed by atoms with Gasteiger partial charge < -0.3 is 14.7 Å². The van der Waals surface area contributed by atoms with Crippen LogP contribution in [0.4, 0.5) is 0 Å². The van der Waals surface area contributed by atoms with Gasteiger partial charge in [-0.25, -0.2) is 0 Å². The Hall–Kier alpha value is -0.345. The van der Waals surface area contributed by atoms with E-state index < -0.39 is 0 Å². The average molecular weight is 126 g/mol. The Kier molecular flexibility index (Phi) is 2.25. The molecule has 0 saturated carbocycles. The van der Waals surface area contributed by atoms with Gasteiger partial charge >= 0.3 is 0 Å². The zero-order chi connectivity index (χ0) is 6.69. The van der Waals surface area contributed by atoms with Gasteiger partial charge in [-0.15, -0.1) is 0 Å². The molecule has 1 heterocycles. The van der Waals surface area contributed by atoms with Gasteiger partial charge in [0.05, 0.1) is 12.3 Å². The molecule has 1 atom stereocenters. The molecule has 3 nitrogen and oxygen atoms in total. The molecule has 0 aromatic heterocycles. The minimum atomic E-state index is -0.235. The molecule has 1 aliphatic rings. The second-order valence-corrected chi connectivity index (χ2v) is 2.22. The maximum atomic E-state index is 9.89. The van der Waals surface area contributed by atoms with E-state index in [4.69, 9.17) is 5.11 Å². The third-order valence-corrected chi connectivity index (χ3v) is 1.47. The molecule has 1 fully saturated rings. The summed E-state index contributed by atoms with van der Waals surface area (Å²) >= 11 is 0. The maximum Gasteiger partial charge on any atom is 0.293 e. The Labute approximate surface area is 54.9 Å². The summed E-state index contributed by atoms with van der Waals surface area (Å²) in [5.74, 6) is 0. The van der Waals surface area contributed by atoms with Crippen molar-refractivity contribution in [3.05, 3.63) is 0 Å². The number of hydrogen-bond donors (Lipinski definition) is 1. The largest absolute Gasteiger partial charge is 0.392 e. The van der Waals surface area contributed by atoms with Crippen LogP contribution in [0.25, 0.3) is 0 Å². The van der Waals surface area contributed by atoms with E-state index in [0.717, 1.165) is 19.2 Å². The number of aliphatic hydroxyl groups is 1. The fourth-order valence-electron chi connectivity index (χ4n) is 0.990. The molecule has 1 rings (SSSR count). The number of nitrogens with zero attached hydrogens (tertiary/aromatic N) is 1. The highest BCUT2D eigenvalue weighted by molar-refractivity contribution is 6.64. The minimum absolute atomic E-state index is 0.235. The normalized spacial score (nSPS) is 28.3. The molecule has 0 aromatic rings. The molecule has 0 spiro atoms. The van der Waals surface area contributed by atoms with E-state index in [0.29, 0.717) is 6.54 Å². The number of β-amino-alcohol motifs (C(OH)–C–C–N with tert-alkyl or cyclic N) is 1.